The van der Waals surface area contributed by atoms with Gasteiger partial charge in [0.05, 0.1) is 20.0 Å². The number of benzene rings is 2. The van der Waals surface area contributed by atoms with E-state index in [-0.39, 0.29) is 17.1 Å². The van der Waals surface area contributed by atoms with E-state index in [0.717, 1.165) is 16.8 Å². The highest BCUT2D eigenvalue weighted by atomic mass is 32.2. The lowest BCUT2D eigenvalue weighted by atomic mass is 10.1. The Balaban J connectivity index is 0.000000817. The SMILES string of the molecule is COC.COc1cc(N2C(=O)CSC2c2ccc(F)cc2)cc(C)c1OC. The second-order valence-corrected chi connectivity index (χ2v) is 6.95. The summed E-state index contributed by atoms with van der Waals surface area (Å²) in [5.41, 5.74) is 2.52. The predicted molar refractivity (Wildman–Crippen MR) is 106 cm³/mol. The van der Waals surface area contributed by atoms with Gasteiger partial charge >= 0.3 is 0 Å². The second kappa shape index (κ2) is 9.62. The lowest BCUT2D eigenvalue weighted by Crippen LogP contribution is -2.28. The number of carbonyl (C=O) groups is 1. The summed E-state index contributed by atoms with van der Waals surface area (Å²) < 4.78 is 28.2. The van der Waals surface area contributed by atoms with Crippen molar-refractivity contribution in [1.29, 1.82) is 0 Å². The van der Waals surface area contributed by atoms with Gasteiger partial charge in [-0.2, -0.15) is 0 Å². The largest absolute Gasteiger partial charge is 0.493 e. The van der Waals surface area contributed by atoms with Crippen molar-refractivity contribution in [3.63, 3.8) is 0 Å². The predicted octanol–water partition coefficient (Wildman–Crippen LogP) is 4.19. The number of halogens is 1. The molecule has 3 rings (SSSR count). The fourth-order valence-electron chi connectivity index (χ4n) is 2.85. The summed E-state index contributed by atoms with van der Waals surface area (Å²) in [5, 5.41) is -0.185. The van der Waals surface area contributed by atoms with Crippen LogP contribution in [0.15, 0.2) is 36.4 Å². The number of hydrogen-bond donors (Lipinski definition) is 0. The summed E-state index contributed by atoms with van der Waals surface area (Å²) >= 11 is 1.52. The first-order valence-electron chi connectivity index (χ1n) is 8.28. The molecule has 5 nitrogen and oxygen atoms in total. The fraction of sp³-hybridized carbons (Fsp3) is 0.350. The summed E-state index contributed by atoms with van der Waals surface area (Å²) in [7, 11) is 6.40. The molecule has 1 unspecified atom stereocenters. The van der Waals surface area contributed by atoms with E-state index < -0.39 is 0 Å². The summed E-state index contributed by atoms with van der Waals surface area (Å²) in [5.74, 6) is 1.34. The summed E-state index contributed by atoms with van der Waals surface area (Å²) in [6, 6.07) is 9.96. The van der Waals surface area contributed by atoms with Gasteiger partial charge in [0.25, 0.3) is 0 Å². The molecule has 1 aliphatic heterocycles. The Labute approximate surface area is 163 Å². The minimum Gasteiger partial charge on any atom is -0.493 e. The molecule has 1 atom stereocenters. The molecule has 2 aromatic rings. The van der Waals surface area contributed by atoms with Crippen LogP contribution in [0.4, 0.5) is 10.1 Å². The molecule has 1 fully saturated rings. The first kappa shape index (κ1) is 21.1. The molecule has 0 N–H and O–H groups in total. The number of rotatable bonds is 4. The van der Waals surface area contributed by atoms with Crippen molar-refractivity contribution < 1.29 is 23.4 Å². The molecule has 27 heavy (non-hydrogen) atoms. The third kappa shape index (κ3) is 4.73. The normalized spacial score (nSPS) is 16.0. The minimum absolute atomic E-state index is 0.0148. The third-order valence-electron chi connectivity index (χ3n) is 3.95. The zero-order valence-electron chi connectivity index (χ0n) is 16.1. The number of anilines is 1. The quantitative estimate of drug-likeness (QED) is 0.779. The van der Waals surface area contributed by atoms with E-state index >= 15 is 0 Å². The zero-order valence-corrected chi connectivity index (χ0v) is 16.9. The van der Waals surface area contributed by atoms with Crippen molar-refractivity contribution in [1.82, 2.24) is 0 Å². The zero-order chi connectivity index (χ0) is 20.0. The average molecular weight is 393 g/mol. The van der Waals surface area contributed by atoms with E-state index in [0.29, 0.717) is 17.3 Å². The second-order valence-electron chi connectivity index (χ2n) is 5.89. The third-order valence-corrected chi connectivity index (χ3v) is 5.16. The number of aryl methyl sites for hydroxylation is 1. The van der Waals surface area contributed by atoms with E-state index in [9.17, 15) is 9.18 Å². The molecular weight excluding hydrogens is 369 g/mol. The van der Waals surface area contributed by atoms with Crippen LogP contribution >= 0.6 is 11.8 Å². The molecule has 0 aliphatic carbocycles. The van der Waals surface area contributed by atoms with Gasteiger partial charge in [-0.1, -0.05) is 12.1 Å². The Morgan fingerprint density at radius 2 is 1.70 bits per heavy atom. The molecular formula is C20H24FNO4S. The lowest BCUT2D eigenvalue weighted by molar-refractivity contribution is -0.115. The van der Waals surface area contributed by atoms with E-state index in [2.05, 4.69) is 4.74 Å². The number of ether oxygens (including phenoxy) is 3. The molecule has 1 amide bonds. The average Bonchev–Trinajstić information content (AvgIpc) is 3.03. The highest BCUT2D eigenvalue weighted by molar-refractivity contribution is 8.00. The first-order valence-corrected chi connectivity index (χ1v) is 9.33. The van der Waals surface area contributed by atoms with Gasteiger partial charge in [0.2, 0.25) is 5.91 Å². The molecule has 0 bridgehead atoms. The number of carbonyl (C=O) groups excluding carboxylic acids is 1. The summed E-state index contributed by atoms with van der Waals surface area (Å²) in [6.45, 7) is 1.91. The van der Waals surface area contributed by atoms with Crippen LogP contribution < -0.4 is 14.4 Å². The van der Waals surface area contributed by atoms with Crippen LogP contribution in [0.2, 0.25) is 0 Å². The molecule has 1 heterocycles. The number of thioether (sulfide) groups is 1. The molecule has 0 spiro atoms. The van der Waals surface area contributed by atoms with Crippen LogP contribution in [0, 0.1) is 12.7 Å². The molecule has 2 aromatic carbocycles. The van der Waals surface area contributed by atoms with Gasteiger partial charge in [-0.3, -0.25) is 9.69 Å². The summed E-state index contributed by atoms with van der Waals surface area (Å²) in [6.07, 6.45) is 0. The van der Waals surface area contributed by atoms with E-state index in [4.69, 9.17) is 9.47 Å². The Morgan fingerprint density at radius 1 is 1.07 bits per heavy atom. The van der Waals surface area contributed by atoms with Gasteiger partial charge in [0.1, 0.15) is 11.2 Å². The van der Waals surface area contributed by atoms with Crippen molar-refractivity contribution in [3.05, 3.63) is 53.3 Å². The summed E-state index contributed by atoms with van der Waals surface area (Å²) in [4.78, 5) is 14.2. The van der Waals surface area contributed by atoms with Crippen molar-refractivity contribution >= 4 is 23.4 Å². The molecule has 1 aliphatic rings. The van der Waals surface area contributed by atoms with Gasteiger partial charge in [0, 0.05) is 26.0 Å². The van der Waals surface area contributed by atoms with E-state index in [1.807, 2.05) is 13.0 Å². The van der Waals surface area contributed by atoms with Crippen LogP contribution in [0.1, 0.15) is 16.5 Å². The van der Waals surface area contributed by atoms with E-state index in [1.165, 1.54) is 23.9 Å². The maximum Gasteiger partial charge on any atom is 0.238 e. The molecule has 7 heteroatoms. The number of amides is 1. The Bertz CT molecular complexity index is 782. The van der Waals surface area contributed by atoms with E-state index in [1.54, 1.807) is 51.5 Å². The smallest absolute Gasteiger partial charge is 0.238 e. The van der Waals surface area contributed by atoms with Crippen LogP contribution in [-0.2, 0) is 9.53 Å². The van der Waals surface area contributed by atoms with Crippen molar-refractivity contribution in [2.75, 3.05) is 39.1 Å². The molecule has 0 radical (unpaired) electrons. The molecule has 146 valence electrons. The first-order chi connectivity index (χ1) is 13.0. The number of nitrogens with zero attached hydrogens (tertiary/aromatic N) is 1. The lowest BCUT2D eigenvalue weighted by Gasteiger charge is -2.26. The van der Waals surface area contributed by atoms with Crippen molar-refractivity contribution in [2.45, 2.75) is 12.3 Å². The highest BCUT2D eigenvalue weighted by Gasteiger charge is 2.34. The van der Waals surface area contributed by atoms with Crippen LogP contribution in [0.3, 0.4) is 0 Å². The van der Waals surface area contributed by atoms with Gasteiger partial charge < -0.3 is 14.2 Å². The minimum atomic E-state index is -0.290. The topological polar surface area (TPSA) is 48.0 Å². The molecule has 0 aromatic heterocycles. The standard InChI is InChI=1S/C18H18FNO3S.C2H6O/c1-11-8-14(9-15(22-2)17(11)23-3)20-16(21)10-24-18(20)12-4-6-13(19)7-5-12;1-3-2/h4-9,18H,10H2,1-3H3;1-2H3. The highest BCUT2D eigenvalue weighted by Crippen LogP contribution is 2.44. The maximum atomic E-state index is 13.2. The van der Waals surface area contributed by atoms with Gasteiger partial charge in [-0.05, 0) is 36.2 Å². The monoisotopic (exact) mass is 393 g/mol. The van der Waals surface area contributed by atoms with Crippen molar-refractivity contribution in [3.8, 4) is 11.5 Å². The Morgan fingerprint density at radius 3 is 2.26 bits per heavy atom. The Kier molecular flexibility index (Phi) is 7.50. The van der Waals surface area contributed by atoms with Crippen molar-refractivity contribution in [2.24, 2.45) is 0 Å². The van der Waals surface area contributed by atoms with Gasteiger partial charge in [-0.25, -0.2) is 4.39 Å². The van der Waals surface area contributed by atoms with Gasteiger partial charge in [0.15, 0.2) is 11.5 Å². The molecule has 0 saturated carbocycles. The Hall–Kier alpha value is -2.25. The maximum absolute atomic E-state index is 13.2. The van der Waals surface area contributed by atoms with Crippen LogP contribution in [-0.4, -0.2) is 40.1 Å². The number of hydrogen-bond acceptors (Lipinski definition) is 5. The van der Waals surface area contributed by atoms with Crippen LogP contribution in [0.5, 0.6) is 11.5 Å². The van der Waals surface area contributed by atoms with Gasteiger partial charge in [-0.15, -0.1) is 11.8 Å². The number of methoxy groups -OCH3 is 3. The van der Waals surface area contributed by atoms with Crippen LogP contribution in [0.25, 0.3) is 0 Å². The molecule has 1 saturated heterocycles. The fourth-order valence-corrected chi connectivity index (χ4v) is 4.03.